The Morgan fingerprint density at radius 2 is 2.31 bits per heavy atom. The first kappa shape index (κ1) is 9.03. The number of hydrogen-bond acceptors (Lipinski definition) is 1. The van der Waals surface area contributed by atoms with Crippen LogP contribution in [-0.2, 0) is 5.88 Å². The Labute approximate surface area is 89.7 Å². The summed E-state index contributed by atoms with van der Waals surface area (Å²) in [6.45, 7) is 1.97. The Kier molecular flexibility index (Phi) is 2.30. The Balaban J connectivity index is 2.80. The van der Waals surface area contributed by atoms with Crippen LogP contribution in [0.3, 0.4) is 0 Å². The molecule has 0 aliphatic rings. The number of aryl methyl sites for hydroxylation is 1. The maximum absolute atomic E-state index is 5.83. The molecule has 0 aromatic carbocycles. The van der Waals surface area contributed by atoms with Crippen molar-refractivity contribution in [3.63, 3.8) is 0 Å². The lowest BCUT2D eigenvalue weighted by Gasteiger charge is -1.98. The summed E-state index contributed by atoms with van der Waals surface area (Å²) in [5.74, 6) is 0.490. The zero-order valence-corrected chi connectivity index (χ0v) is 9.43. The fourth-order valence-electron chi connectivity index (χ4n) is 1.35. The van der Waals surface area contributed by atoms with Gasteiger partial charge < -0.3 is 4.40 Å². The third-order valence-electron chi connectivity index (χ3n) is 2.01. The highest BCUT2D eigenvalue weighted by atomic mass is 79.9. The van der Waals surface area contributed by atoms with Gasteiger partial charge in [-0.1, -0.05) is 0 Å². The molecule has 0 atom stereocenters. The quantitative estimate of drug-likeness (QED) is 0.719. The van der Waals surface area contributed by atoms with Gasteiger partial charge in [-0.15, -0.1) is 11.6 Å². The molecule has 2 rings (SSSR count). The summed E-state index contributed by atoms with van der Waals surface area (Å²) in [6.07, 6.45) is 1.98. The van der Waals surface area contributed by atoms with Gasteiger partial charge >= 0.3 is 0 Å². The SMILES string of the molecule is Cc1nc2ccc(Br)cn2c1CCl. The molecule has 2 aromatic rings. The van der Waals surface area contributed by atoms with Gasteiger partial charge in [0.05, 0.1) is 17.3 Å². The zero-order valence-electron chi connectivity index (χ0n) is 7.09. The number of imidazole rings is 1. The molecule has 0 amide bonds. The molecule has 4 heteroatoms. The van der Waals surface area contributed by atoms with Crippen LogP contribution in [0.4, 0.5) is 0 Å². The monoisotopic (exact) mass is 258 g/mol. The van der Waals surface area contributed by atoms with E-state index in [-0.39, 0.29) is 0 Å². The van der Waals surface area contributed by atoms with Crippen molar-refractivity contribution in [2.45, 2.75) is 12.8 Å². The minimum atomic E-state index is 0.490. The van der Waals surface area contributed by atoms with E-state index in [1.54, 1.807) is 0 Å². The number of hydrogen-bond donors (Lipinski definition) is 0. The van der Waals surface area contributed by atoms with E-state index in [4.69, 9.17) is 11.6 Å². The predicted molar refractivity (Wildman–Crippen MR) is 57.2 cm³/mol. The average molecular weight is 260 g/mol. The van der Waals surface area contributed by atoms with Crippen LogP contribution in [0.15, 0.2) is 22.8 Å². The zero-order chi connectivity index (χ0) is 9.42. The first-order valence-electron chi connectivity index (χ1n) is 3.91. The topological polar surface area (TPSA) is 17.3 Å². The summed E-state index contributed by atoms with van der Waals surface area (Å²) < 4.78 is 3.04. The number of aromatic nitrogens is 2. The number of halogens is 2. The third kappa shape index (κ3) is 1.46. The minimum absolute atomic E-state index is 0.490. The van der Waals surface area contributed by atoms with Crippen molar-refractivity contribution in [1.29, 1.82) is 0 Å². The molecule has 0 fully saturated rings. The molecule has 2 heterocycles. The van der Waals surface area contributed by atoms with E-state index < -0.39 is 0 Å². The number of rotatable bonds is 1. The van der Waals surface area contributed by atoms with E-state index >= 15 is 0 Å². The smallest absolute Gasteiger partial charge is 0.137 e. The fraction of sp³-hybridized carbons (Fsp3) is 0.222. The first-order chi connectivity index (χ1) is 6.22. The second kappa shape index (κ2) is 3.31. The third-order valence-corrected chi connectivity index (χ3v) is 2.73. The Morgan fingerprint density at radius 3 is 3.00 bits per heavy atom. The van der Waals surface area contributed by atoms with Crippen LogP contribution in [0.5, 0.6) is 0 Å². The number of pyridine rings is 1. The van der Waals surface area contributed by atoms with Crippen LogP contribution >= 0.6 is 27.5 Å². The maximum Gasteiger partial charge on any atom is 0.137 e. The molecule has 0 unspecified atom stereocenters. The van der Waals surface area contributed by atoms with Crippen molar-refractivity contribution < 1.29 is 0 Å². The molecule has 0 saturated heterocycles. The molecule has 68 valence electrons. The summed E-state index contributed by atoms with van der Waals surface area (Å²) in [7, 11) is 0. The van der Waals surface area contributed by atoms with E-state index in [0.29, 0.717) is 5.88 Å². The first-order valence-corrected chi connectivity index (χ1v) is 5.24. The second-order valence-corrected chi connectivity index (χ2v) is 4.04. The van der Waals surface area contributed by atoms with Crippen LogP contribution < -0.4 is 0 Å². The molecule has 0 bridgehead atoms. The molecule has 0 radical (unpaired) electrons. The number of fused-ring (bicyclic) bond motifs is 1. The molecular formula is C9H8BrClN2. The van der Waals surface area contributed by atoms with E-state index in [9.17, 15) is 0 Å². The lowest BCUT2D eigenvalue weighted by atomic mass is 10.4. The number of alkyl halides is 1. The predicted octanol–water partition coefficient (Wildman–Crippen LogP) is 3.14. The summed E-state index contributed by atoms with van der Waals surface area (Å²) in [6, 6.07) is 3.94. The summed E-state index contributed by atoms with van der Waals surface area (Å²) >= 11 is 9.24. The van der Waals surface area contributed by atoms with E-state index in [1.807, 2.05) is 29.7 Å². The van der Waals surface area contributed by atoms with E-state index in [2.05, 4.69) is 20.9 Å². The Bertz CT molecular complexity index is 450. The van der Waals surface area contributed by atoms with Gasteiger partial charge in [-0.3, -0.25) is 0 Å². The molecule has 0 spiro atoms. The second-order valence-electron chi connectivity index (χ2n) is 2.85. The van der Waals surface area contributed by atoms with Crippen LogP contribution in [0.2, 0.25) is 0 Å². The standard InChI is InChI=1S/C9H8BrClN2/c1-6-8(4-11)13-5-7(10)2-3-9(13)12-6/h2-3,5H,4H2,1H3. The van der Waals surface area contributed by atoms with Gasteiger partial charge in [-0.05, 0) is 35.0 Å². The molecule has 0 saturated carbocycles. The van der Waals surface area contributed by atoms with E-state index in [1.165, 1.54) is 0 Å². The van der Waals surface area contributed by atoms with Crippen LogP contribution in [0.25, 0.3) is 5.65 Å². The largest absolute Gasteiger partial charge is 0.301 e. The van der Waals surface area contributed by atoms with Crippen molar-refractivity contribution in [2.75, 3.05) is 0 Å². The molecule has 0 N–H and O–H groups in total. The summed E-state index contributed by atoms with van der Waals surface area (Å²) in [5.41, 5.74) is 2.99. The van der Waals surface area contributed by atoms with Crippen molar-refractivity contribution in [3.8, 4) is 0 Å². The maximum atomic E-state index is 5.83. The van der Waals surface area contributed by atoms with Crippen LogP contribution in [-0.4, -0.2) is 9.38 Å². The molecule has 13 heavy (non-hydrogen) atoms. The lowest BCUT2D eigenvalue weighted by molar-refractivity contribution is 1.07. The van der Waals surface area contributed by atoms with Crippen molar-refractivity contribution in [1.82, 2.24) is 9.38 Å². The lowest BCUT2D eigenvalue weighted by Crippen LogP contribution is -1.90. The Hall–Kier alpha value is -0.540. The summed E-state index contributed by atoms with van der Waals surface area (Å²) in [4.78, 5) is 4.38. The minimum Gasteiger partial charge on any atom is -0.301 e. The molecule has 2 aromatic heterocycles. The van der Waals surface area contributed by atoms with Gasteiger partial charge in [0, 0.05) is 10.7 Å². The van der Waals surface area contributed by atoms with Gasteiger partial charge in [0.15, 0.2) is 0 Å². The van der Waals surface area contributed by atoms with Gasteiger partial charge in [-0.2, -0.15) is 0 Å². The fourth-order valence-corrected chi connectivity index (χ4v) is 2.01. The van der Waals surface area contributed by atoms with Gasteiger partial charge in [0.25, 0.3) is 0 Å². The van der Waals surface area contributed by atoms with Gasteiger partial charge in [0.1, 0.15) is 5.65 Å². The summed E-state index contributed by atoms with van der Waals surface area (Å²) in [5, 5.41) is 0. The van der Waals surface area contributed by atoms with Gasteiger partial charge in [0.2, 0.25) is 0 Å². The van der Waals surface area contributed by atoms with E-state index in [0.717, 1.165) is 21.5 Å². The van der Waals surface area contributed by atoms with Gasteiger partial charge in [-0.25, -0.2) is 4.98 Å². The Morgan fingerprint density at radius 1 is 1.54 bits per heavy atom. The molecular weight excluding hydrogens is 251 g/mol. The van der Waals surface area contributed by atoms with Crippen molar-refractivity contribution in [2.24, 2.45) is 0 Å². The molecule has 2 nitrogen and oxygen atoms in total. The molecule has 0 aliphatic carbocycles. The highest BCUT2D eigenvalue weighted by Gasteiger charge is 2.06. The average Bonchev–Trinajstić information content (AvgIpc) is 2.40. The number of nitrogens with zero attached hydrogens (tertiary/aromatic N) is 2. The highest BCUT2D eigenvalue weighted by molar-refractivity contribution is 9.10. The molecule has 0 aliphatic heterocycles. The van der Waals surface area contributed by atoms with Crippen molar-refractivity contribution in [3.05, 3.63) is 34.2 Å². The highest BCUT2D eigenvalue weighted by Crippen LogP contribution is 2.17. The normalized spacial score (nSPS) is 11.0. The van der Waals surface area contributed by atoms with Crippen molar-refractivity contribution >= 4 is 33.2 Å². The van der Waals surface area contributed by atoms with Crippen LogP contribution in [0.1, 0.15) is 11.4 Å². The van der Waals surface area contributed by atoms with Crippen LogP contribution in [0, 0.1) is 6.92 Å².